The molecule has 0 atom stereocenters. The monoisotopic (exact) mass is 408 g/mol. The maximum absolute atomic E-state index is 11.9. The van der Waals surface area contributed by atoms with Gasteiger partial charge in [0.2, 0.25) is 0 Å². The van der Waals surface area contributed by atoms with Gasteiger partial charge in [-0.05, 0) is 24.3 Å². The first-order chi connectivity index (χ1) is 13.0. The highest BCUT2D eigenvalue weighted by molar-refractivity contribution is 6.39. The van der Waals surface area contributed by atoms with E-state index in [1.165, 1.54) is 4.57 Å². The molecule has 3 aromatic rings. The summed E-state index contributed by atoms with van der Waals surface area (Å²) >= 11 is 11.9. The van der Waals surface area contributed by atoms with Gasteiger partial charge in [0.1, 0.15) is 0 Å². The third kappa shape index (κ3) is 4.50. The van der Waals surface area contributed by atoms with Gasteiger partial charge in [-0.25, -0.2) is 4.79 Å². The average molecular weight is 409 g/mol. The summed E-state index contributed by atoms with van der Waals surface area (Å²) in [6.07, 6.45) is -0.0937. The van der Waals surface area contributed by atoms with Crippen molar-refractivity contribution < 1.29 is 18.7 Å². The van der Waals surface area contributed by atoms with Crippen LogP contribution in [0.5, 0.6) is 0 Å². The van der Waals surface area contributed by atoms with Gasteiger partial charge >= 0.3 is 11.7 Å². The zero-order valence-corrected chi connectivity index (χ0v) is 15.4. The van der Waals surface area contributed by atoms with Gasteiger partial charge in [0.25, 0.3) is 5.91 Å². The minimum absolute atomic E-state index is 0.0760. The van der Waals surface area contributed by atoms with Crippen molar-refractivity contribution in [3.63, 3.8) is 0 Å². The number of anilines is 1. The summed E-state index contributed by atoms with van der Waals surface area (Å²) in [5.74, 6) is -1.77. The number of rotatable bonds is 6. The number of oxazole rings is 1. The number of halogens is 2. The summed E-state index contributed by atoms with van der Waals surface area (Å²) in [7, 11) is 0. The van der Waals surface area contributed by atoms with Gasteiger partial charge < -0.3 is 14.5 Å². The summed E-state index contributed by atoms with van der Waals surface area (Å²) in [6.45, 7) is -0.423. The van der Waals surface area contributed by atoms with Gasteiger partial charge in [0, 0.05) is 6.54 Å². The van der Waals surface area contributed by atoms with Crippen molar-refractivity contribution in [2.24, 2.45) is 0 Å². The number of carbonyl (C=O) groups excluding carboxylic acids is 2. The minimum atomic E-state index is -0.632. The Balaban J connectivity index is 1.53. The van der Waals surface area contributed by atoms with E-state index in [1.54, 1.807) is 42.5 Å². The summed E-state index contributed by atoms with van der Waals surface area (Å²) in [5, 5.41) is 3.03. The normalized spacial score (nSPS) is 10.7. The van der Waals surface area contributed by atoms with Crippen LogP contribution in [0.1, 0.15) is 6.42 Å². The fourth-order valence-corrected chi connectivity index (χ4v) is 2.93. The van der Waals surface area contributed by atoms with Crippen LogP contribution in [0.15, 0.2) is 51.7 Å². The molecule has 0 aliphatic rings. The van der Waals surface area contributed by atoms with Gasteiger partial charge in [0.05, 0.1) is 27.7 Å². The minimum Gasteiger partial charge on any atom is -0.456 e. The molecule has 0 spiro atoms. The van der Waals surface area contributed by atoms with Crippen LogP contribution in [0.25, 0.3) is 11.1 Å². The molecule has 0 radical (unpaired) electrons. The number of carbonyl (C=O) groups is 2. The van der Waals surface area contributed by atoms with Crippen molar-refractivity contribution in [3.05, 3.63) is 63.1 Å². The van der Waals surface area contributed by atoms with Gasteiger partial charge in [-0.3, -0.25) is 14.2 Å². The van der Waals surface area contributed by atoms with Crippen molar-refractivity contribution in [2.45, 2.75) is 13.0 Å². The number of para-hydroxylation sites is 3. The van der Waals surface area contributed by atoms with Crippen LogP contribution in [-0.2, 0) is 20.9 Å². The molecule has 3 rings (SSSR count). The van der Waals surface area contributed by atoms with E-state index in [-0.39, 0.29) is 28.7 Å². The molecule has 0 saturated carbocycles. The van der Waals surface area contributed by atoms with Crippen LogP contribution in [0, 0.1) is 0 Å². The second kappa shape index (κ2) is 8.28. The molecular formula is C18H14Cl2N2O5. The fourth-order valence-electron chi connectivity index (χ4n) is 2.44. The quantitative estimate of drug-likeness (QED) is 0.630. The van der Waals surface area contributed by atoms with Crippen molar-refractivity contribution in [1.82, 2.24) is 4.57 Å². The van der Waals surface area contributed by atoms with E-state index < -0.39 is 24.2 Å². The molecule has 27 heavy (non-hydrogen) atoms. The van der Waals surface area contributed by atoms with E-state index in [4.69, 9.17) is 32.4 Å². The van der Waals surface area contributed by atoms with Crippen molar-refractivity contribution >= 4 is 51.9 Å². The topological polar surface area (TPSA) is 90.5 Å². The number of nitrogens with one attached hydrogen (secondary N) is 1. The Bertz CT molecular complexity index is 1040. The number of hydrogen-bond donors (Lipinski definition) is 1. The highest BCUT2D eigenvalue weighted by Crippen LogP contribution is 2.29. The Kier molecular flexibility index (Phi) is 5.83. The lowest BCUT2D eigenvalue weighted by molar-refractivity contribution is -0.147. The molecule has 0 bridgehead atoms. The SMILES string of the molecule is O=C(COC(=O)CCn1c(=O)oc2ccccc21)Nc1c(Cl)cccc1Cl. The molecule has 1 aromatic heterocycles. The molecule has 0 aliphatic heterocycles. The molecule has 1 amide bonds. The molecule has 2 aromatic carbocycles. The number of amides is 1. The largest absolute Gasteiger partial charge is 0.456 e. The lowest BCUT2D eigenvalue weighted by Gasteiger charge is -2.09. The number of hydrogen-bond acceptors (Lipinski definition) is 5. The van der Waals surface area contributed by atoms with Crippen molar-refractivity contribution in [2.75, 3.05) is 11.9 Å². The predicted octanol–water partition coefficient (Wildman–Crippen LogP) is 3.47. The number of benzene rings is 2. The highest BCUT2D eigenvalue weighted by Gasteiger charge is 2.14. The maximum Gasteiger partial charge on any atom is 0.419 e. The Morgan fingerprint density at radius 3 is 2.52 bits per heavy atom. The van der Waals surface area contributed by atoms with E-state index in [0.717, 1.165) is 0 Å². The standard InChI is InChI=1S/C18H14Cl2N2O5/c19-11-4-3-5-12(20)17(11)21-15(23)10-26-16(24)8-9-22-13-6-1-2-7-14(13)27-18(22)25/h1-7H,8-10H2,(H,21,23). The van der Waals surface area contributed by atoms with E-state index >= 15 is 0 Å². The molecule has 140 valence electrons. The lowest BCUT2D eigenvalue weighted by Crippen LogP contribution is -2.23. The molecule has 1 heterocycles. The van der Waals surface area contributed by atoms with Gasteiger partial charge in [0.15, 0.2) is 12.2 Å². The fraction of sp³-hybridized carbons (Fsp3) is 0.167. The van der Waals surface area contributed by atoms with Crippen LogP contribution in [0.3, 0.4) is 0 Å². The molecule has 7 nitrogen and oxygen atoms in total. The zero-order chi connectivity index (χ0) is 19.4. The maximum atomic E-state index is 11.9. The summed E-state index contributed by atoms with van der Waals surface area (Å²) < 4.78 is 11.3. The van der Waals surface area contributed by atoms with Crippen molar-refractivity contribution in [3.8, 4) is 0 Å². The molecule has 0 saturated heterocycles. The molecular weight excluding hydrogens is 395 g/mol. The summed E-state index contributed by atoms with van der Waals surface area (Å²) in [5.41, 5.74) is 1.27. The van der Waals surface area contributed by atoms with E-state index in [0.29, 0.717) is 11.1 Å². The zero-order valence-electron chi connectivity index (χ0n) is 13.9. The number of nitrogens with zero attached hydrogens (tertiary/aromatic N) is 1. The summed E-state index contributed by atoms with van der Waals surface area (Å²) in [4.78, 5) is 35.6. The van der Waals surface area contributed by atoms with Gasteiger partial charge in [-0.1, -0.05) is 41.4 Å². The molecule has 0 unspecified atom stereocenters. The van der Waals surface area contributed by atoms with Crippen molar-refractivity contribution in [1.29, 1.82) is 0 Å². The lowest BCUT2D eigenvalue weighted by atomic mass is 10.3. The molecule has 9 heteroatoms. The smallest absolute Gasteiger partial charge is 0.419 e. The molecule has 1 N–H and O–H groups in total. The predicted molar refractivity (Wildman–Crippen MR) is 101 cm³/mol. The summed E-state index contributed by atoms with van der Waals surface area (Å²) in [6, 6.07) is 11.7. The first kappa shape index (κ1) is 19.0. The third-order valence-corrected chi connectivity index (χ3v) is 4.33. The Morgan fingerprint density at radius 1 is 1.07 bits per heavy atom. The van der Waals surface area contributed by atoms with Gasteiger partial charge in [-0.2, -0.15) is 0 Å². The first-order valence-electron chi connectivity index (χ1n) is 7.93. The number of fused-ring (bicyclic) bond motifs is 1. The molecule has 0 aliphatic carbocycles. The molecule has 0 fully saturated rings. The van der Waals surface area contributed by atoms with Crippen LogP contribution in [0.2, 0.25) is 10.0 Å². The van der Waals surface area contributed by atoms with E-state index in [9.17, 15) is 14.4 Å². The Labute approximate surface area is 163 Å². The van der Waals surface area contributed by atoms with Crippen LogP contribution >= 0.6 is 23.2 Å². The average Bonchev–Trinajstić information content (AvgIpc) is 2.96. The van der Waals surface area contributed by atoms with Crippen LogP contribution < -0.4 is 11.1 Å². The number of aryl methyl sites for hydroxylation is 1. The van der Waals surface area contributed by atoms with Gasteiger partial charge in [-0.15, -0.1) is 0 Å². The van der Waals surface area contributed by atoms with E-state index in [2.05, 4.69) is 5.32 Å². The number of ether oxygens (including phenoxy) is 1. The first-order valence-corrected chi connectivity index (χ1v) is 8.69. The Morgan fingerprint density at radius 2 is 1.78 bits per heavy atom. The second-order valence-corrected chi connectivity index (χ2v) is 6.36. The number of aromatic nitrogens is 1. The third-order valence-electron chi connectivity index (χ3n) is 3.70. The second-order valence-electron chi connectivity index (χ2n) is 5.54. The highest BCUT2D eigenvalue weighted by atomic mass is 35.5. The van der Waals surface area contributed by atoms with Crippen LogP contribution in [0.4, 0.5) is 5.69 Å². The Hall–Kier alpha value is -2.77. The van der Waals surface area contributed by atoms with Crippen LogP contribution in [-0.4, -0.2) is 23.1 Å². The number of esters is 1. The van der Waals surface area contributed by atoms with E-state index in [1.807, 2.05) is 0 Å².